The van der Waals surface area contributed by atoms with Crippen molar-refractivity contribution in [1.29, 1.82) is 0 Å². The van der Waals surface area contributed by atoms with Crippen LogP contribution in [0.5, 0.6) is 11.6 Å². The van der Waals surface area contributed by atoms with Crippen LogP contribution in [0.1, 0.15) is 24.0 Å². The van der Waals surface area contributed by atoms with Gasteiger partial charge in [-0.25, -0.2) is 4.98 Å². The number of aliphatic hydroxyl groups excluding tert-OH is 1. The number of hydrogen-bond acceptors (Lipinski definition) is 7. The molecular weight excluding hydrogens is 444 g/mol. The first kappa shape index (κ1) is 22.0. The molecule has 1 N–H and O–H groups in total. The highest BCUT2D eigenvalue weighted by atomic mass is 16.5. The van der Waals surface area contributed by atoms with E-state index in [1.165, 1.54) is 0 Å². The third kappa shape index (κ3) is 4.35. The molecule has 1 aromatic carbocycles. The first-order valence-electron chi connectivity index (χ1n) is 12.1. The smallest absolute Gasteiger partial charge is 0.248 e. The van der Waals surface area contributed by atoms with Crippen LogP contribution >= 0.6 is 0 Å². The summed E-state index contributed by atoms with van der Waals surface area (Å²) in [5, 5.41) is 10.3. The Labute approximate surface area is 203 Å². The maximum atomic E-state index is 11.9. The lowest BCUT2D eigenvalue weighted by Crippen LogP contribution is -2.35. The molecule has 1 unspecified atom stereocenters. The number of carbonyl (C=O) groups excluding carboxylic acids is 1. The predicted octanol–water partition coefficient (Wildman–Crippen LogP) is 3.50. The number of hydrogen-bond donors (Lipinski definition) is 1. The van der Waals surface area contributed by atoms with Gasteiger partial charge in [0.05, 0.1) is 12.8 Å². The molecule has 0 aliphatic carbocycles. The Balaban J connectivity index is 1.10. The molecule has 8 nitrogen and oxygen atoms in total. The molecule has 180 valence electrons. The number of rotatable bonds is 6. The second kappa shape index (κ2) is 8.94. The van der Waals surface area contributed by atoms with Gasteiger partial charge in [0, 0.05) is 67.1 Å². The molecule has 8 heteroatoms. The number of aliphatic hydroxyl groups is 1. The monoisotopic (exact) mass is 472 g/mol. The number of furan rings is 1. The first-order valence-corrected chi connectivity index (χ1v) is 12.1. The zero-order valence-corrected chi connectivity index (χ0v) is 19.5. The lowest BCUT2D eigenvalue weighted by atomic mass is 9.86. The van der Waals surface area contributed by atoms with Crippen molar-refractivity contribution in [1.82, 2.24) is 14.8 Å². The van der Waals surface area contributed by atoms with Gasteiger partial charge in [0.1, 0.15) is 17.9 Å². The fourth-order valence-corrected chi connectivity index (χ4v) is 5.52. The summed E-state index contributed by atoms with van der Waals surface area (Å²) < 4.78 is 11.8. The Morgan fingerprint density at radius 2 is 2.09 bits per heavy atom. The number of aromatic nitrogens is 1. The van der Waals surface area contributed by atoms with Crippen molar-refractivity contribution < 1.29 is 19.1 Å². The molecule has 2 fully saturated rings. The number of pyridine rings is 1. The topological polar surface area (TPSA) is 91.4 Å². The summed E-state index contributed by atoms with van der Waals surface area (Å²) in [5.74, 6) is 1.06. The van der Waals surface area contributed by atoms with E-state index in [0.29, 0.717) is 18.2 Å². The van der Waals surface area contributed by atoms with Crippen molar-refractivity contribution in [3.8, 4) is 11.6 Å². The van der Waals surface area contributed by atoms with E-state index >= 15 is 0 Å². The SMILES string of the molecule is O=C(CO)N1CCC2(CCN(Cc3coc4cc(Oc5ccc(C6=CC=NC6)cn5)ccc34)C2)C1. The van der Waals surface area contributed by atoms with E-state index in [0.717, 1.165) is 73.2 Å². The van der Waals surface area contributed by atoms with Gasteiger partial charge in [-0.2, -0.15) is 0 Å². The summed E-state index contributed by atoms with van der Waals surface area (Å²) >= 11 is 0. The molecule has 0 bridgehead atoms. The summed E-state index contributed by atoms with van der Waals surface area (Å²) in [6, 6.07) is 9.77. The second-order valence-electron chi connectivity index (χ2n) is 9.77. The molecule has 1 atom stereocenters. The summed E-state index contributed by atoms with van der Waals surface area (Å²) in [7, 11) is 0. The van der Waals surface area contributed by atoms with Crippen molar-refractivity contribution in [3.63, 3.8) is 0 Å². The quantitative estimate of drug-likeness (QED) is 0.591. The summed E-state index contributed by atoms with van der Waals surface area (Å²) in [6.07, 6.45) is 9.54. The molecule has 6 rings (SSSR count). The van der Waals surface area contributed by atoms with Gasteiger partial charge in [-0.3, -0.25) is 14.7 Å². The molecule has 1 spiro atoms. The average Bonchev–Trinajstić information content (AvgIpc) is 3.68. The maximum absolute atomic E-state index is 11.9. The molecule has 1 amide bonds. The molecule has 2 aromatic heterocycles. The summed E-state index contributed by atoms with van der Waals surface area (Å²) in [6.45, 7) is 4.55. The van der Waals surface area contributed by atoms with Gasteiger partial charge >= 0.3 is 0 Å². The summed E-state index contributed by atoms with van der Waals surface area (Å²) in [4.78, 5) is 24.8. The van der Waals surface area contributed by atoms with E-state index in [1.807, 2.05) is 55.1 Å². The molecule has 35 heavy (non-hydrogen) atoms. The van der Waals surface area contributed by atoms with Gasteiger partial charge in [-0.15, -0.1) is 0 Å². The Hall–Kier alpha value is -3.49. The Kier molecular flexibility index (Phi) is 5.62. The molecule has 0 radical (unpaired) electrons. The van der Waals surface area contributed by atoms with Crippen LogP contribution < -0.4 is 4.74 Å². The van der Waals surface area contributed by atoms with Gasteiger partial charge in [0.2, 0.25) is 11.8 Å². The van der Waals surface area contributed by atoms with Gasteiger partial charge in [-0.05, 0) is 54.8 Å². The number of amides is 1. The maximum Gasteiger partial charge on any atom is 0.248 e. The Bertz CT molecular complexity index is 1310. The van der Waals surface area contributed by atoms with Crippen LogP contribution in [0.15, 0.2) is 58.3 Å². The molecule has 2 saturated heterocycles. The van der Waals surface area contributed by atoms with Crippen LogP contribution in [0.25, 0.3) is 16.5 Å². The van der Waals surface area contributed by atoms with Crippen LogP contribution in [0.4, 0.5) is 0 Å². The zero-order valence-electron chi connectivity index (χ0n) is 19.5. The third-order valence-corrected chi connectivity index (χ3v) is 7.44. The van der Waals surface area contributed by atoms with Crippen molar-refractivity contribution in [3.05, 3.63) is 60.0 Å². The fraction of sp³-hybridized carbons (Fsp3) is 0.370. The highest BCUT2D eigenvalue weighted by Crippen LogP contribution is 2.40. The van der Waals surface area contributed by atoms with Crippen LogP contribution in [0.2, 0.25) is 0 Å². The number of ether oxygens (including phenoxy) is 1. The molecule has 5 heterocycles. The van der Waals surface area contributed by atoms with Crippen molar-refractivity contribution in [2.24, 2.45) is 10.4 Å². The third-order valence-electron chi connectivity index (χ3n) is 7.44. The van der Waals surface area contributed by atoms with E-state index in [4.69, 9.17) is 9.15 Å². The lowest BCUT2D eigenvalue weighted by Gasteiger charge is -2.24. The normalized spacial score (nSPS) is 22.0. The minimum absolute atomic E-state index is 0.148. The van der Waals surface area contributed by atoms with Gasteiger partial charge in [-0.1, -0.05) is 0 Å². The minimum atomic E-state index is -0.401. The number of likely N-dealkylation sites (tertiary alicyclic amines) is 2. The standard InChI is InChI=1S/C27H28N4O4/c32-15-26(33)31-10-7-27(18-31)6-9-30(17-27)14-21-16-34-24-11-22(2-3-23(21)24)35-25-4-1-19(13-29-25)20-5-8-28-12-20/h1-5,8,11,13,16,32H,6-7,9-10,12,14-15,17-18H2. The number of carbonyl (C=O) groups is 1. The molecule has 0 saturated carbocycles. The Morgan fingerprint density at radius 1 is 1.17 bits per heavy atom. The number of fused-ring (bicyclic) bond motifs is 1. The van der Waals surface area contributed by atoms with Crippen LogP contribution in [0.3, 0.4) is 0 Å². The van der Waals surface area contributed by atoms with Crippen LogP contribution in [-0.2, 0) is 11.3 Å². The largest absolute Gasteiger partial charge is 0.464 e. The number of benzene rings is 1. The Morgan fingerprint density at radius 3 is 2.89 bits per heavy atom. The lowest BCUT2D eigenvalue weighted by molar-refractivity contribution is -0.133. The molecule has 3 aliphatic heterocycles. The highest BCUT2D eigenvalue weighted by Gasteiger charge is 2.44. The van der Waals surface area contributed by atoms with Gasteiger partial charge in [0.25, 0.3) is 0 Å². The zero-order chi connectivity index (χ0) is 23.8. The van der Waals surface area contributed by atoms with E-state index in [2.05, 4.69) is 14.9 Å². The molecule has 3 aromatic rings. The highest BCUT2D eigenvalue weighted by molar-refractivity contribution is 5.89. The first-order chi connectivity index (χ1) is 17.1. The number of nitrogens with zero attached hydrogens (tertiary/aromatic N) is 4. The second-order valence-corrected chi connectivity index (χ2v) is 9.77. The van der Waals surface area contributed by atoms with Crippen molar-refractivity contribution in [2.75, 3.05) is 39.3 Å². The predicted molar refractivity (Wildman–Crippen MR) is 132 cm³/mol. The average molecular weight is 473 g/mol. The van der Waals surface area contributed by atoms with E-state index in [9.17, 15) is 9.90 Å². The summed E-state index contributed by atoms with van der Waals surface area (Å²) in [5.41, 5.74) is 4.29. The number of allylic oxidation sites excluding steroid dienone is 1. The van der Waals surface area contributed by atoms with Crippen molar-refractivity contribution >= 4 is 28.7 Å². The van der Waals surface area contributed by atoms with Crippen LogP contribution in [-0.4, -0.2) is 71.3 Å². The fourth-order valence-electron chi connectivity index (χ4n) is 5.52. The molecular formula is C27H28N4O4. The van der Waals surface area contributed by atoms with E-state index in [1.54, 1.807) is 4.90 Å². The van der Waals surface area contributed by atoms with Gasteiger partial charge < -0.3 is 19.2 Å². The number of aliphatic imine (C=N–C) groups is 1. The van der Waals surface area contributed by atoms with E-state index in [-0.39, 0.29) is 11.3 Å². The van der Waals surface area contributed by atoms with Crippen LogP contribution in [0, 0.1) is 5.41 Å². The van der Waals surface area contributed by atoms with Crippen molar-refractivity contribution in [2.45, 2.75) is 19.4 Å². The minimum Gasteiger partial charge on any atom is -0.464 e. The van der Waals surface area contributed by atoms with Gasteiger partial charge in [0.15, 0.2) is 0 Å². The molecule has 3 aliphatic rings. The van der Waals surface area contributed by atoms with E-state index < -0.39 is 6.61 Å².